The molecule has 2 aromatic carbocycles. The van der Waals surface area contributed by atoms with Crippen LogP contribution < -0.4 is 9.47 Å². The first-order valence-electron chi connectivity index (χ1n) is 12.1. The van der Waals surface area contributed by atoms with Gasteiger partial charge in [0.1, 0.15) is 5.75 Å². The number of fused-ring (bicyclic) bond motifs is 1. The van der Waals surface area contributed by atoms with Gasteiger partial charge in [0.15, 0.2) is 22.9 Å². The molecule has 3 aromatic rings. The number of carbonyl (C=O) groups excluding carboxylic acids is 3. The van der Waals surface area contributed by atoms with Crippen molar-refractivity contribution in [1.29, 1.82) is 0 Å². The van der Waals surface area contributed by atoms with Gasteiger partial charge in [-0.2, -0.15) is 0 Å². The molecule has 1 aromatic heterocycles. The number of furan rings is 1. The van der Waals surface area contributed by atoms with E-state index in [4.69, 9.17) is 13.9 Å². The minimum absolute atomic E-state index is 0.0130. The van der Waals surface area contributed by atoms with Crippen LogP contribution in [-0.4, -0.2) is 65.9 Å². The van der Waals surface area contributed by atoms with E-state index in [1.807, 2.05) is 13.8 Å². The summed E-state index contributed by atoms with van der Waals surface area (Å²) >= 11 is 0. The SMILES string of the molecule is CCN(CC)CCN1C(=O)C(O)=C(C(=O)c2cc3cccc(OC)c3o2)C1c1ccc(OC(C)=O)cc1. The lowest BCUT2D eigenvalue weighted by molar-refractivity contribution is -0.132. The van der Waals surface area contributed by atoms with Crippen LogP contribution in [0.25, 0.3) is 11.0 Å². The number of esters is 1. The van der Waals surface area contributed by atoms with Crippen molar-refractivity contribution in [3.05, 3.63) is 71.2 Å². The highest BCUT2D eigenvalue weighted by molar-refractivity contribution is 6.16. The molecule has 2 heterocycles. The molecule has 37 heavy (non-hydrogen) atoms. The molecule has 1 N–H and O–H groups in total. The van der Waals surface area contributed by atoms with E-state index in [0.717, 1.165) is 13.1 Å². The van der Waals surface area contributed by atoms with Gasteiger partial charge in [0.25, 0.3) is 5.91 Å². The van der Waals surface area contributed by atoms with Crippen LogP contribution in [0, 0.1) is 0 Å². The summed E-state index contributed by atoms with van der Waals surface area (Å²) in [6.07, 6.45) is 0. The summed E-state index contributed by atoms with van der Waals surface area (Å²) in [4.78, 5) is 42.0. The van der Waals surface area contributed by atoms with Gasteiger partial charge >= 0.3 is 5.97 Å². The molecule has 9 nitrogen and oxygen atoms in total. The van der Waals surface area contributed by atoms with Crippen LogP contribution in [0.4, 0.5) is 0 Å². The van der Waals surface area contributed by atoms with Gasteiger partial charge in [0.2, 0.25) is 5.78 Å². The number of Topliss-reactive ketones (excluding diaryl/α,β-unsaturated/α-hetero) is 1. The monoisotopic (exact) mass is 506 g/mol. The van der Waals surface area contributed by atoms with Crippen LogP contribution in [-0.2, 0) is 9.59 Å². The number of benzene rings is 2. The zero-order valence-corrected chi connectivity index (χ0v) is 21.3. The molecule has 1 aliphatic rings. The molecule has 9 heteroatoms. The van der Waals surface area contributed by atoms with E-state index in [1.54, 1.807) is 48.5 Å². The lowest BCUT2D eigenvalue weighted by atomic mass is 9.95. The number of carbonyl (C=O) groups is 3. The molecule has 0 spiro atoms. The average molecular weight is 507 g/mol. The van der Waals surface area contributed by atoms with E-state index < -0.39 is 29.5 Å². The van der Waals surface area contributed by atoms with Crippen LogP contribution in [0.1, 0.15) is 42.9 Å². The first-order valence-corrected chi connectivity index (χ1v) is 12.1. The van der Waals surface area contributed by atoms with Gasteiger partial charge in [-0.3, -0.25) is 14.4 Å². The molecule has 1 unspecified atom stereocenters. The van der Waals surface area contributed by atoms with Crippen LogP contribution in [0.3, 0.4) is 0 Å². The molecule has 1 aliphatic heterocycles. The predicted octanol–water partition coefficient (Wildman–Crippen LogP) is 4.29. The van der Waals surface area contributed by atoms with Crippen LogP contribution >= 0.6 is 0 Å². The number of ketones is 1. The van der Waals surface area contributed by atoms with Gasteiger partial charge in [-0.05, 0) is 42.9 Å². The molecule has 1 amide bonds. The molecule has 0 saturated heterocycles. The Labute approximate surface area is 214 Å². The maximum atomic E-state index is 13.8. The van der Waals surface area contributed by atoms with Gasteiger partial charge < -0.3 is 28.8 Å². The highest BCUT2D eigenvalue weighted by Crippen LogP contribution is 2.40. The number of hydrogen-bond acceptors (Lipinski definition) is 8. The fraction of sp³-hybridized carbons (Fsp3) is 0.321. The Morgan fingerprint density at radius 1 is 1.11 bits per heavy atom. The molecule has 0 aliphatic carbocycles. The van der Waals surface area contributed by atoms with E-state index in [1.165, 1.54) is 18.9 Å². The minimum atomic E-state index is -0.850. The van der Waals surface area contributed by atoms with E-state index in [9.17, 15) is 19.5 Å². The van der Waals surface area contributed by atoms with E-state index >= 15 is 0 Å². The summed E-state index contributed by atoms with van der Waals surface area (Å²) in [5.41, 5.74) is 0.922. The number of ether oxygens (including phenoxy) is 2. The number of aliphatic hydroxyl groups excluding tert-OH is 1. The van der Waals surface area contributed by atoms with E-state index in [-0.39, 0.29) is 11.3 Å². The van der Waals surface area contributed by atoms with Crippen LogP contribution in [0.5, 0.6) is 11.5 Å². The number of rotatable bonds is 10. The van der Waals surface area contributed by atoms with Crippen LogP contribution in [0.2, 0.25) is 0 Å². The van der Waals surface area contributed by atoms with Gasteiger partial charge in [-0.15, -0.1) is 0 Å². The van der Waals surface area contributed by atoms with Crippen molar-refractivity contribution >= 4 is 28.6 Å². The predicted molar refractivity (Wildman–Crippen MR) is 137 cm³/mol. The summed E-state index contributed by atoms with van der Waals surface area (Å²) < 4.78 is 16.3. The Bertz CT molecular complexity index is 1350. The Hall–Kier alpha value is -4.11. The molecule has 4 rings (SSSR count). The number of para-hydroxylation sites is 1. The molecule has 194 valence electrons. The highest BCUT2D eigenvalue weighted by Gasteiger charge is 2.44. The first-order chi connectivity index (χ1) is 17.8. The van der Waals surface area contributed by atoms with Gasteiger partial charge in [-0.25, -0.2) is 0 Å². The minimum Gasteiger partial charge on any atom is -0.503 e. The summed E-state index contributed by atoms with van der Waals surface area (Å²) in [5, 5.41) is 11.6. The summed E-state index contributed by atoms with van der Waals surface area (Å²) in [7, 11) is 1.51. The first kappa shape index (κ1) is 26.0. The second-order valence-electron chi connectivity index (χ2n) is 8.67. The maximum Gasteiger partial charge on any atom is 0.308 e. The zero-order chi connectivity index (χ0) is 26.7. The molecule has 1 atom stereocenters. The van der Waals surface area contributed by atoms with Crippen molar-refractivity contribution in [2.75, 3.05) is 33.3 Å². The Kier molecular flexibility index (Phi) is 7.63. The van der Waals surface area contributed by atoms with Gasteiger partial charge in [0.05, 0.1) is 18.7 Å². The molecule has 0 bridgehead atoms. The third kappa shape index (κ3) is 5.08. The Morgan fingerprint density at radius 2 is 1.81 bits per heavy atom. The van der Waals surface area contributed by atoms with Crippen molar-refractivity contribution in [2.24, 2.45) is 0 Å². The smallest absolute Gasteiger partial charge is 0.308 e. The fourth-order valence-corrected chi connectivity index (χ4v) is 4.58. The fourth-order valence-electron chi connectivity index (χ4n) is 4.58. The number of nitrogens with zero attached hydrogens (tertiary/aromatic N) is 2. The summed E-state index contributed by atoms with van der Waals surface area (Å²) in [5.74, 6) is -1.50. The Morgan fingerprint density at radius 3 is 2.43 bits per heavy atom. The van der Waals surface area contributed by atoms with Crippen molar-refractivity contribution in [2.45, 2.75) is 26.8 Å². The largest absolute Gasteiger partial charge is 0.503 e. The van der Waals surface area contributed by atoms with Gasteiger partial charge in [-0.1, -0.05) is 38.1 Å². The number of hydrogen-bond donors (Lipinski definition) is 1. The third-order valence-electron chi connectivity index (χ3n) is 6.51. The second-order valence-corrected chi connectivity index (χ2v) is 8.67. The van der Waals surface area contributed by atoms with Crippen molar-refractivity contribution < 1.29 is 33.4 Å². The zero-order valence-electron chi connectivity index (χ0n) is 21.3. The number of methoxy groups -OCH3 is 1. The lowest BCUT2D eigenvalue weighted by Crippen LogP contribution is -2.38. The highest BCUT2D eigenvalue weighted by atomic mass is 16.5. The van der Waals surface area contributed by atoms with Gasteiger partial charge in [0, 0.05) is 25.4 Å². The number of amides is 1. The topological polar surface area (TPSA) is 110 Å². The van der Waals surface area contributed by atoms with Crippen molar-refractivity contribution in [3.63, 3.8) is 0 Å². The Balaban J connectivity index is 1.75. The molecular formula is C28H30N2O7. The second kappa shape index (κ2) is 10.9. The van der Waals surface area contributed by atoms with Crippen molar-refractivity contribution in [3.8, 4) is 11.5 Å². The van der Waals surface area contributed by atoms with Crippen LogP contribution in [0.15, 0.2) is 64.3 Å². The molecular weight excluding hydrogens is 476 g/mol. The standard InChI is InChI=1S/C28H30N2O7/c1-5-29(6-2)14-15-30-24(18-10-12-20(13-11-18)36-17(3)31)23(26(33)28(30)34)25(32)22-16-19-8-7-9-21(35-4)27(19)37-22/h7-13,16,24,33H,5-6,14-15H2,1-4H3. The lowest BCUT2D eigenvalue weighted by Gasteiger charge is -2.29. The summed E-state index contributed by atoms with van der Waals surface area (Å²) in [6.45, 7) is 7.82. The maximum absolute atomic E-state index is 13.8. The number of aliphatic hydroxyl groups is 1. The normalized spacial score (nSPS) is 15.6. The third-order valence-corrected chi connectivity index (χ3v) is 6.51. The number of likely N-dealkylation sites (N-methyl/N-ethyl adjacent to an activating group) is 1. The average Bonchev–Trinajstić information content (AvgIpc) is 3.44. The molecule has 0 fully saturated rings. The molecule has 0 radical (unpaired) electrons. The molecule has 0 saturated carbocycles. The van der Waals surface area contributed by atoms with E-state index in [0.29, 0.717) is 41.1 Å². The quantitative estimate of drug-likeness (QED) is 0.246. The van der Waals surface area contributed by atoms with E-state index in [2.05, 4.69) is 4.90 Å². The van der Waals surface area contributed by atoms with Crippen molar-refractivity contribution in [1.82, 2.24) is 9.80 Å². The summed E-state index contributed by atoms with van der Waals surface area (Å²) in [6, 6.07) is 12.5.